The summed E-state index contributed by atoms with van der Waals surface area (Å²) in [4.78, 5) is 25.1. The van der Waals surface area contributed by atoms with E-state index in [4.69, 9.17) is 0 Å². The number of hydrogen-bond donors (Lipinski definition) is 2. The standard InChI is InChI=1S/C31H43NO3/c1-8-25(34)32-28(4)13-11-27(3)12-15-30(6)23-10-9-20-19(2)26(35)22(33)17-21(20)29(23,5)14-16-31(30,7)24(27)18-28/h9-10,17,24,35H,8,11-16,18H2,1-7H3,(H,32,34)/t24?,27-,28-,29+,30-,31+/m1/s1. The first-order valence-corrected chi connectivity index (χ1v) is 13.6. The van der Waals surface area contributed by atoms with Crippen LogP contribution in [-0.4, -0.2) is 22.3 Å². The highest BCUT2D eigenvalue weighted by Crippen LogP contribution is 2.75. The Balaban J connectivity index is 1.59. The van der Waals surface area contributed by atoms with Crippen LogP contribution in [0.1, 0.15) is 99.8 Å². The molecule has 0 aromatic heterocycles. The molecular formula is C31H43NO3. The normalized spacial score (nSPS) is 44.7. The molecule has 0 radical (unpaired) electrons. The second kappa shape index (κ2) is 7.46. The van der Waals surface area contributed by atoms with Crippen molar-refractivity contribution in [1.29, 1.82) is 0 Å². The van der Waals surface area contributed by atoms with Crippen LogP contribution in [0.2, 0.25) is 0 Å². The van der Waals surface area contributed by atoms with E-state index in [0.717, 1.165) is 49.7 Å². The highest BCUT2D eigenvalue weighted by molar-refractivity contribution is 6.06. The molecule has 4 heteroatoms. The zero-order chi connectivity index (χ0) is 25.6. The summed E-state index contributed by atoms with van der Waals surface area (Å²) in [6.07, 6.45) is 14.4. The van der Waals surface area contributed by atoms with Crippen molar-refractivity contribution < 1.29 is 14.7 Å². The topological polar surface area (TPSA) is 66.4 Å². The van der Waals surface area contributed by atoms with E-state index in [1.54, 1.807) is 6.08 Å². The molecule has 0 aromatic rings. The molecule has 190 valence electrons. The third-order valence-electron chi connectivity index (χ3n) is 11.6. The van der Waals surface area contributed by atoms with Crippen molar-refractivity contribution in [2.45, 2.75) is 105 Å². The predicted molar refractivity (Wildman–Crippen MR) is 140 cm³/mol. The number of hydrogen-bond acceptors (Lipinski definition) is 3. The number of carbonyl (C=O) groups is 2. The van der Waals surface area contributed by atoms with Crippen molar-refractivity contribution >= 4 is 11.7 Å². The molecular weight excluding hydrogens is 434 g/mol. The van der Waals surface area contributed by atoms with Crippen molar-refractivity contribution in [3.63, 3.8) is 0 Å². The fourth-order valence-electron chi connectivity index (χ4n) is 9.00. The number of carbonyl (C=O) groups excluding carboxylic acids is 2. The highest BCUT2D eigenvalue weighted by Gasteiger charge is 2.66. The molecule has 0 spiro atoms. The Hall–Kier alpha value is -2.10. The fraction of sp³-hybridized carbons (Fsp3) is 0.677. The highest BCUT2D eigenvalue weighted by atomic mass is 16.3. The lowest BCUT2D eigenvalue weighted by atomic mass is 9.35. The minimum Gasteiger partial charge on any atom is -0.504 e. The van der Waals surface area contributed by atoms with Crippen molar-refractivity contribution in [3.05, 3.63) is 46.3 Å². The van der Waals surface area contributed by atoms with Crippen LogP contribution in [0.5, 0.6) is 0 Å². The molecule has 2 N–H and O–H groups in total. The summed E-state index contributed by atoms with van der Waals surface area (Å²) in [5, 5.41) is 13.7. The minimum absolute atomic E-state index is 0.0141. The number of allylic oxidation sites excluding steroid dienone is 7. The van der Waals surface area contributed by atoms with Gasteiger partial charge >= 0.3 is 0 Å². The summed E-state index contributed by atoms with van der Waals surface area (Å²) in [7, 11) is 0. The SMILES string of the molecule is CCC(=O)N[C@]1(C)CC[C@]2(C)CC[C@]3(C)C4=CC=C5C(=CC(=O)C(O)=C5C)[C@]4(C)CC[C@@]3(C)C2C1. The number of fused-ring (bicyclic) bond motifs is 7. The van der Waals surface area contributed by atoms with E-state index in [1.807, 2.05) is 13.8 Å². The molecule has 1 amide bonds. The average Bonchev–Trinajstić information content (AvgIpc) is 2.81. The van der Waals surface area contributed by atoms with Gasteiger partial charge in [-0.25, -0.2) is 0 Å². The fourth-order valence-corrected chi connectivity index (χ4v) is 9.00. The molecule has 0 aliphatic heterocycles. The first-order chi connectivity index (χ1) is 16.2. The maximum absolute atomic E-state index is 12.7. The maximum atomic E-state index is 12.7. The molecule has 3 saturated carbocycles. The summed E-state index contributed by atoms with van der Waals surface area (Å²) in [6.45, 7) is 15.9. The van der Waals surface area contributed by atoms with Gasteiger partial charge in [0.1, 0.15) is 0 Å². The molecule has 1 unspecified atom stereocenters. The van der Waals surface area contributed by atoms with Gasteiger partial charge in [0.25, 0.3) is 0 Å². The van der Waals surface area contributed by atoms with Gasteiger partial charge in [-0.15, -0.1) is 0 Å². The van der Waals surface area contributed by atoms with Crippen LogP contribution in [0.25, 0.3) is 0 Å². The van der Waals surface area contributed by atoms with Gasteiger partial charge in [0.2, 0.25) is 11.7 Å². The molecule has 0 aromatic carbocycles. The Morgan fingerprint density at radius 2 is 1.71 bits per heavy atom. The molecule has 5 aliphatic carbocycles. The van der Waals surface area contributed by atoms with Crippen LogP contribution in [0, 0.1) is 27.6 Å². The summed E-state index contributed by atoms with van der Waals surface area (Å²) < 4.78 is 0. The molecule has 0 bridgehead atoms. The third kappa shape index (κ3) is 3.17. The Bertz CT molecular complexity index is 1140. The van der Waals surface area contributed by atoms with Gasteiger partial charge in [0, 0.05) is 22.9 Å². The van der Waals surface area contributed by atoms with Crippen molar-refractivity contribution in [2.75, 3.05) is 0 Å². The van der Waals surface area contributed by atoms with Gasteiger partial charge in [-0.2, -0.15) is 0 Å². The monoisotopic (exact) mass is 477 g/mol. The van der Waals surface area contributed by atoms with Crippen molar-refractivity contribution in [2.24, 2.45) is 27.6 Å². The van der Waals surface area contributed by atoms with Crippen LogP contribution >= 0.6 is 0 Å². The van der Waals surface area contributed by atoms with E-state index in [2.05, 4.69) is 52.1 Å². The summed E-state index contributed by atoms with van der Waals surface area (Å²) >= 11 is 0. The maximum Gasteiger partial charge on any atom is 0.220 e. The summed E-state index contributed by atoms with van der Waals surface area (Å²) in [5.74, 6) is 0.301. The first-order valence-electron chi connectivity index (χ1n) is 13.6. The lowest BCUT2D eigenvalue weighted by molar-refractivity contribution is -0.156. The van der Waals surface area contributed by atoms with Crippen LogP contribution < -0.4 is 5.32 Å². The number of aliphatic hydroxyl groups is 1. The van der Waals surface area contributed by atoms with Gasteiger partial charge in [0.05, 0.1) is 0 Å². The van der Waals surface area contributed by atoms with E-state index in [-0.39, 0.29) is 39.2 Å². The van der Waals surface area contributed by atoms with Crippen molar-refractivity contribution in [1.82, 2.24) is 5.32 Å². The van der Waals surface area contributed by atoms with E-state index in [9.17, 15) is 14.7 Å². The lowest BCUT2D eigenvalue weighted by Gasteiger charge is -2.70. The predicted octanol–water partition coefficient (Wildman–Crippen LogP) is 6.89. The van der Waals surface area contributed by atoms with Crippen LogP contribution in [0.4, 0.5) is 0 Å². The number of ketones is 1. The van der Waals surface area contributed by atoms with Gasteiger partial charge in [-0.05, 0) is 98.2 Å². The average molecular weight is 478 g/mol. The first kappa shape index (κ1) is 24.6. The zero-order valence-corrected chi connectivity index (χ0v) is 22.7. The van der Waals surface area contributed by atoms with E-state index in [1.165, 1.54) is 12.0 Å². The van der Waals surface area contributed by atoms with Crippen molar-refractivity contribution in [3.8, 4) is 0 Å². The molecule has 3 fully saturated rings. The van der Waals surface area contributed by atoms with E-state index in [0.29, 0.717) is 23.3 Å². The Labute approximate surface area is 211 Å². The molecule has 0 saturated heterocycles. The molecule has 35 heavy (non-hydrogen) atoms. The van der Waals surface area contributed by atoms with Gasteiger partial charge < -0.3 is 10.4 Å². The van der Waals surface area contributed by atoms with Gasteiger partial charge in [-0.1, -0.05) is 52.3 Å². The summed E-state index contributed by atoms with van der Waals surface area (Å²) in [6, 6.07) is 0. The number of aliphatic hydroxyl groups excluding tert-OH is 1. The largest absolute Gasteiger partial charge is 0.504 e. The Morgan fingerprint density at radius 1 is 1.03 bits per heavy atom. The van der Waals surface area contributed by atoms with E-state index < -0.39 is 0 Å². The molecule has 6 atom stereocenters. The Morgan fingerprint density at radius 3 is 2.40 bits per heavy atom. The van der Waals surface area contributed by atoms with Gasteiger partial charge in [-0.3, -0.25) is 9.59 Å². The smallest absolute Gasteiger partial charge is 0.220 e. The van der Waals surface area contributed by atoms with Crippen LogP contribution in [-0.2, 0) is 9.59 Å². The second-order valence-electron chi connectivity index (χ2n) is 13.5. The molecule has 0 heterocycles. The number of nitrogens with one attached hydrogen (secondary N) is 1. The zero-order valence-electron chi connectivity index (χ0n) is 22.7. The molecule has 4 nitrogen and oxygen atoms in total. The minimum atomic E-state index is -0.262. The number of amides is 1. The lowest BCUT2D eigenvalue weighted by Crippen LogP contribution is -2.64. The van der Waals surface area contributed by atoms with E-state index >= 15 is 0 Å². The molecule has 5 rings (SSSR count). The van der Waals surface area contributed by atoms with Crippen LogP contribution in [0.3, 0.4) is 0 Å². The quantitative estimate of drug-likeness (QED) is 0.455. The molecule has 5 aliphatic rings. The van der Waals surface area contributed by atoms with Crippen LogP contribution in [0.15, 0.2) is 46.3 Å². The third-order valence-corrected chi connectivity index (χ3v) is 11.6. The van der Waals surface area contributed by atoms with Gasteiger partial charge in [0.15, 0.2) is 5.76 Å². The summed E-state index contributed by atoms with van der Waals surface area (Å²) in [5.41, 5.74) is 4.35. The second-order valence-corrected chi connectivity index (χ2v) is 13.5. The number of rotatable bonds is 2. The Kier molecular flexibility index (Phi) is 5.24.